The van der Waals surface area contributed by atoms with Crippen LogP contribution in [0.1, 0.15) is 11.4 Å². The maximum Gasteiger partial charge on any atom is 0.162 e. The molecule has 0 bridgehead atoms. The smallest absolute Gasteiger partial charge is 0.162 e. The monoisotopic (exact) mass is 357 g/mol. The van der Waals surface area contributed by atoms with Crippen molar-refractivity contribution < 1.29 is 13.9 Å². The quantitative estimate of drug-likeness (QED) is 0.701. The van der Waals surface area contributed by atoms with Crippen molar-refractivity contribution in [2.45, 2.75) is 0 Å². The topological polar surface area (TPSA) is 70.9 Å². The van der Waals surface area contributed by atoms with Gasteiger partial charge in [-0.2, -0.15) is 5.26 Å². The fraction of sp³-hybridized carbons (Fsp3) is 0.111. The van der Waals surface area contributed by atoms with Crippen molar-refractivity contribution in [3.05, 3.63) is 52.6 Å². The van der Waals surface area contributed by atoms with Crippen molar-refractivity contribution in [2.24, 2.45) is 0 Å². The van der Waals surface area contributed by atoms with E-state index in [9.17, 15) is 9.65 Å². The molecule has 1 heterocycles. The van der Waals surface area contributed by atoms with Crippen molar-refractivity contribution in [3.8, 4) is 17.6 Å². The number of nitrogens with zero attached hydrogens (tertiary/aromatic N) is 2. The Morgan fingerprint density at radius 1 is 1.24 bits per heavy atom. The second-order valence-corrected chi connectivity index (χ2v) is 5.55. The molecule has 1 N–H and O–H groups in total. The molecule has 3 rings (SSSR count). The number of halogens is 2. The van der Waals surface area contributed by atoms with Crippen molar-refractivity contribution in [1.29, 1.82) is 5.26 Å². The number of rotatable bonds is 4. The van der Waals surface area contributed by atoms with E-state index >= 15 is 0 Å². The molecular formula is C18H13ClFN3O2. The summed E-state index contributed by atoms with van der Waals surface area (Å²) < 4.78 is 23.8. The minimum absolute atomic E-state index is 0.255. The van der Waals surface area contributed by atoms with Gasteiger partial charge in [0.25, 0.3) is 0 Å². The first-order valence-electron chi connectivity index (χ1n) is 7.24. The molecule has 0 fully saturated rings. The Bertz CT molecular complexity index is 1020. The zero-order valence-corrected chi connectivity index (χ0v) is 14.2. The number of fused-ring (bicyclic) bond motifs is 1. The lowest BCUT2D eigenvalue weighted by molar-refractivity contribution is 0.355. The Labute approximate surface area is 148 Å². The number of allylic oxidation sites excluding steroid dienone is 1. The van der Waals surface area contributed by atoms with Crippen LogP contribution in [0, 0.1) is 17.1 Å². The summed E-state index contributed by atoms with van der Waals surface area (Å²) in [5.74, 6) is 0.923. The van der Waals surface area contributed by atoms with E-state index in [1.54, 1.807) is 24.3 Å². The molecule has 126 valence electrons. The van der Waals surface area contributed by atoms with Gasteiger partial charge in [-0.1, -0.05) is 11.6 Å². The lowest BCUT2D eigenvalue weighted by Crippen LogP contribution is -1.92. The van der Waals surface area contributed by atoms with Gasteiger partial charge in [-0.3, -0.25) is 0 Å². The minimum atomic E-state index is -0.381. The predicted octanol–water partition coefficient (Wildman–Crippen LogP) is 4.44. The number of nitriles is 1. The molecule has 0 aliphatic carbocycles. The number of imidazole rings is 1. The molecule has 0 aliphatic heterocycles. The molecule has 0 aliphatic rings. The first-order chi connectivity index (χ1) is 12.0. The fourth-order valence-corrected chi connectivity index (χ4v) is 2.61. The fourth-order valence-electron chi connectivity index (χ4n) is 2.40. The van der Waals surface area contributed by atoms with Crippen molar-refractivity contribution in [2.75, 3.05) is 14.2 Å². The summed E-state index contributed by atoms with van der Waals surface area (Å²) in [6, 6.07) is 9.53. The maximum absolute atomic E-state index is 13.3. The molecule has 1 aromatic heterocycles. The van der Waals surface area contributed by atoms with Crippen molar-refractivity contribution in [3.63, 3.8) is 0 Å². The van der Waals surface area contributed by atoms with E-state index < -0.39 is 0 Å². The van der Waals surface area contributed by atoms with Gasteiger partial charge < -0.3 is 14.5 Å². The molecule has 0 amide bonds. The number of nitrogens with one attached hydrogen (secondary N) is 1. The van der Waals surface area contributed by atoms with Crippen LogP contribution >= 0.6 is 11.6 Å². The predicted molar refractivity (Wildman–Crippen MR) is 94.1 cm³/mol. The SMILES string of the molecule is COc1cc(Cl)c(/C=C(/C#N)c2nc3ccc(F)cc3[nH]2)cc1OC. The van der Waals surface area contributed by atoms with Crippen LogP contribution in [0.25, 0.3) is 22.7 Å². The third kappa shape index (κ3) is 3.28. The van der Waals surface area contributed by atoms with Gasteiger partial charge in [0.1, 0.15) is 17.7 Å². The second-order valence-electron chi connectivity index (χ2n) is 5.15. The largest absolute Gasteiger partial charge is 0.493 e. The number of methoxy groups -OCH3 is 2. The summed E-state index contributed by atoms with van der Waals surface area (Å²) in [6.45, 7) is 0. The highest BCUT2D eigenvalue weighted by Crippen LogP contribution is 2.34. The molecule has 3 aromatic rings. The van der Waals surface area contributed by atoms with Crippen LogP contribution in [0.15, 0.2) is 30.3 Å². The molecule has 0 spiro atoms. The third-order valence-corrected chi connectivity index (χ3v) is 3.95. The Hall–Kier alpha value is -3.04. The zero-order valence-electron chi connectivity index (χ0n) is 13.4. The zero-order chi connectivity index (χ0) is 18.0. The van der Waals surface area contributed by atoms with Crippen molar-refractivity contribution >= 4 is 34.3 Å². The second kappa shape index (κ2) is 6.83. The highest BCUT2D eigenvalue weighted by Gasteiger charge is 2.12. The van der Waals surface area contributed by atoms with E-state index in [4.69, 9.17) is 21.1 Å². The lowest BCUT2D eigenvalue weighted by atomic mass is 10.1. The van der Waals surface area contributed by atoms with Gasteiger partial charge in [0.15, 0.2) is 11.5 Å². The number of hydrogen-bond donors (Lipinski definition) is 1. The van der Waals surface area contributed by atoms with Crippen LogP contribution in [-0.4, -0.2) is 24.2 Å². The van der Waals surface area contributed by atoms with E-state index in [0.29, 0.717) is 38.9 Å². The van der Waals surface area contributed by atoms with Crippen LogP contribution < -0.4 is 9.47 Å². The minimum Gasteiger partial charge on any atom is -0.493 e. The van der Waals surface area contributed by atoms with E-state index in [0.717, 1.165) is 0 Å². The summed E-state index contributed by atoms with van der Waals surface area (Å²) in [6.07, 6.45) is 1.58. The molecule has 0 atom stereocenters. The highest BCUT2D eigenvalue weighted by atomic mass is 35.5. The van der Waals surface area contributed by atoms with Gasteiger partial charge in [0.05, 0.1) is 35.8 Å². The summed E-state index contributed by atoms with van der Waals surface area (Å²) in [5.41, 5.74) is 1.90. The molecular weight excluding hydrogens is 345 g/mol. The summed E-state index contributed by atoms with van der Waals surface area (Å²) in [4.78, 5) is 7.25. The highest BCUT2D eigenvalue weighted by molar-refractivity contribution is 6.32. The van der Waals surface area contributed by atoms with Crippen LogP contribution in [0.4, 0.5) is 4.39 Å². The Balaban J connectivity index is 2.09. The van der Waals surface area contributed by atoms with Crippen LogP contribution in [0.5, 0.6) is 11.5 Å². The van der Waals surface area contributed by atoms with Gasteiger partial charge >= 0.3 is 0 Å². The molecule has 0 saturated carbocycles. The Morgan fingerprint density at radius 3 is 2.64 bits per heavy atom. The van der Waals surface area contributed by atoms with Crippen LogP contribution in [0.2, 0.25) is 5.02 Å². The maximum atomic E-state index is 13.3. The number of aromatic nitrogens is 2. The lowest BCUT2D eigenvalue weighted by Gasteiger charge is -2.09. The summed E-state index contributed by atoms with van der Waals surface area (Å²) in [7, 11) is 3.02. The van der Waals surface area contributed by atoms with Gasteiger partial charge in [-0.05, 0) is 35.9 Å². The normalized spacial score (nSPS) is 11.4. The number of aromatic amines is 1. The first-order valence-corrected chi connectivity index (χ1v) is 7.62. The molecule has 7 heteroatoms. The van der Waals surface area contributed by atoms with Crippen molar-refractivity contribution in [1.82, 2.24) is 9.97 Å². The average Bonchev–Trinajstić information content (AvgIpc) is 3.03. The van der Waals surface area contributed by atoms with Gasteiger partial charge in [0, 0.05) is 6.07 Å². The molecule has 0 radical (unpaired) electrons. The summed E-state index contributed by atoms with van der Waals surface area (Å²) in [5, 5.41) is 9.88. The van der Waals surface area contributed by atoms with E-state index in [2.05, 4.69) is 16.0 Å². The Kier molecular flexibility index (Phi) is 4.59. The molecule has 25 heavy (non-hydrogen) atoms. The van der Waals surface area contributed by atoms with Crippen LogP contribution in [-0.2, 0) is 0 Å². The van der Waals surface area contributed by atoms with Gasteiger partial charge in [-0.25, -0.2) is 9.37 Å². The first kappa shape index (κ1) is 16.8. The average molecular weight is 358 g/mol. The van der Waals surface area contributed by atoms with Gasteiger partial charge in [-0.15, -0.1) is 0 Å². The molecule has 0 unspecified atom stereocenters. The standard InChI is InChI=1S/C18H13ClFN3O2/c1-24-16-6-10(13(19)8-17(16)25-2)5-11(9-21)18-22-14-4-3-12(20)7-15(14)23-18/h3-8H,1-2H3,(H,22,23)/b11-5-. The van der Waals surface area contributed by atoms with E-state index in [1.807, 2.05) is 0 Å². The van der Waals surface area contributed by atoms with Gasteiger partial charge in [0.2, 0.25) is 0 Å². The van der Waals surface area contributed by atoms with E-state index in [-0.39, 0.29) is 11.4 Å². The molecule has 5 nitrogen and oxygen atoms in total. The Morgan fingerprint density at radius 2 is 1.96 bits per heavy atom. The number of benzene rings is 2. The summed E-state index contributed by atoms with van der Waals surface area (Å²) >= 11 is 6.26. The van der Waals surface area contributed by atoms with E-state index in [1.165, 1.54) is 26.4 Å². The van der Waals surface area contributed by atoms with Crippen LogP contribution in [0.3, 0.4) is 0 Å². The third-order valence-electron chi connectivity index (χ3n) is 3.62. The number of ether oxygens (including phenoxy) is 2. The molecule has 0 saturated heterocycles. The number of hydrogen-bond acceptors (Lipinski definition) is 4. The number of H-pyrrole nitrogens is 1. The molecule has 2 aromatic carbocycles.